The van der Waals surface area contributed by atoms with Crippen LogP contribution in [0.4, 0.5) is 8.78 Å². The molecule has 1 aromatic rings. The van der Waals surface area contributed by atoms with Crippen LogP contribution in [-0.4, -0.2) is 26.2 Å². The van der Waals surface area contributed by atoms with Gasteiger partial charge in [0.2, 0.25) is 0 Å². The molecule has 6 heteroatoms. The van der Waals surface area contributed by atoms with Gasteiger partial charge in [-0.15, -0.1) is 0 Å². The van der Waals surface area contributed by atoms with Crippen molar-refractivity contribution in [3.63, 3.8) is 0 Å². The second kappa shape index (κ2) is 7.82. The first kappa shape index (κ1) is 14.6. The zero-order valence-corrected chi connectivity index (χ0v) is 10.6. The molecule has 0 fully saturated rings. The molecule has 1 rings (SSSR count). The average molecular weight is 284 g/mol. The summed E-state index contributed by atoms with van der Waals surface area (Å²) < 4.78 is 28.2. The zero-order chi connectivity index (χ0) is 12.7. The summed E-state index contributed by atoms with van der Waals surface area (Å²) in [4.78, 5) is 0. The van der Waals surface area contributed by atoms with Crippen molar-refractivity contribution in [1.82, 2.24) is 5.32 Å². The second-order valence-electron chi connectivity index (χ2n) is 3.38. The van der Waals surface area contributed by atoms with E-state index in [-0.39, 0.29) is 6.61 Å². The third-order valence-corrected chi connectivity index (χ3v) is 2.59. The summed E-state index contributed by atoms with van der Waals surface area (Å²) >= 11 is 11.8. The van der Waals surface area contributed by atoms with Gasteiger partial charge in [0, 0.05) is 23.1 Å². The molecule has 0 saturated heterocycles. The lowest BCUT2D eigenvalue weighted by Gasteiger charge is -2.07. The molecule has 0 heterocycles. The number of rotatable bonds is 7. The lowest BCUT2D eigenvalue weighted by molar-refractivity contribution is 0.0187. The van der Waals surface area contributed by atoms with Gasteiger partial charge in [0.25, 0.3) is 6.43 Å². The third kappa shape index (κ3) is 6.17. The Kier molecular flexibility index (Phi) is 6.73. The fourth-order valence-corrected chi connectivity index (χ4v) is 1.60. The highest BCUT2D eigenvalue weighted by Crippen LogP contribution is 2.20. The monoisotopic (exact) mass is 283 g/mol. The van der Waals surface area contributed by atoms with Crippen LogP contribution in [0, 0.1) is 0 Å². The molecule has 2 nitrogen and oxygen atoms in total. The number of ether oxygens (including phenoxy) is 1. The summed E-state index contributed by atoms with van der Waals surface area (Å²) in [5.41, 5.74) is 0.869. The molecule has 96 valence electrons. The predicted molar refractivity (Wildman–Crippen MR) is 65.0 cm³/mol. The Bertz CT molecular complexity index is 350. The molecule has 0 amide bonds. The van der Waals surface area contributed by atoms with Crippen LogP contribution in [0.1, 0.15) is 5.56 Å². The van der Waals surface area contributed by atoms with E-state index in [1.807, 2.05) is 0 Å². The van der Waals surface area contributed by atoms with Crippen LogP contribution >= 0.6 is 23.2 Å². The van der Waals surface area contributed by atoms with E-state index < -0.39 is 13.0 Å². The standard InChI is InChI=1S/C11H13Cl2F2NO/c12-9-1-2-10(13)8(5-9)6-16-3-4-17-7-11(14)15/h1-2,5,11,16H,3-4,6-7H2. The minimum Gasteiger partial charge on any atom is -0.374 e. The zero-order valence-electron chi connectivity index (χ0n) is 9.06. The first-order chi connectivity index (χ1) is 8.09. The molecule has 0 bridgehead atoms. The Labute approximate surface area is 109 Å². The molecule has 0 radical (unpaired) electrons. The van der Waals surface area contributed by atoms with E-state index in [1.165, 1.54) is 0 Å². The van der Waals surface area contributed by atoms with Crippen LogP contribution in [0.15, 0.2) is 18.2 Å². The first-order valence-corrected chi connectivity index (χ1v) is 5.85. The lowest BCUT2D eigenvalue weighted by Crippen LogP contribution is -2.20. The number of hydrogen-bond donors (Lipinski definition) is 1. The highest BCUT2D eigenvalue weighted by molar-refractivity contribution is 6.33. The van der Waals surface area contributed by atoms with Crippen LogP contribution in [0.2, 0.25) is 10.0 Å². The minimum absolute atomic E-state index is 0.239. The van der Waals surface area contributed by atoms with Crippen molar-refractivity contribution in [2.75, 3.05) is 19.8 Å². The molecule has 0 unspecified atom stereocenters. The maximum atomic E-state index is 11.7. The highest BCUT2D eigenvalue weighted by Gasteiger charge is 2.02. The maximum absolute atomic E-state index is 11.7. The van der Waals surface area contributed by atoms with E-state index in [2.05, 4.69) is 5.32 Å². The molecule has 1 aromatic carbocycles. The Morgan fingerprint density at radius 1 is 1.29 bits per heavy atom. The second-order valence-corrected chi connectivity index (χ2v) is 4.22. The molecular weight excluding hydrogens is 271 g/mol. The average Bonchev–Trinajstić information content (AvgIpc) is 2.27. The molecule has 0 atom stereocenters. The third-order valence-electron chi connectivity index (χ3n) is 1.99. The van der Waals surface area contributed by atoms with Gasteiger partial charge < -0.3 is 10.1 Å². The maximum Gasteiger partial charge on any atom is 0.261 e. The van der Waals surface area contributed by atoms with Gasteiger partial charge in [-0.05, 0) is 23.8 Å². The molecular formula is C11H13Cl2F2NO. The van der Waals surface area contributed by atoms with Crippen molar-refractivity contribution in [2.45, 2.75) is 13.0 Å². The smallest absolute Gasteiger partial charge is 0.261 e. The van der Waals surface area contributed by atoms with Crippen molar-refractivity contribution in [3.05, 3.63) is 33.8 Å². The van der Waals surface area contributed by atoms with Gasteiger partial charge in [-0.3, -0.25) is 0 Å². The van der Waals surface area contributed by atoms with Crippen LogP contribution < -0.4 is 5.32 Å². The summed E-state index contributed by atoms with van der Waals surface area (Å²) in [5.74, 6) is 0. The molecule has 0 spiro atoms. The van der Waals surface area contributed by atoms with Gasteiger partial charge in [-0.25, -0.2) is 8.78 Å². The van der Waals surface area contributed by atoms with Crippen molar-refractivity contribution < 1.29 is 13.5 Å². The number of hydrogen-bond acceptors (Lipinski definition) is 2. The Hall–Kier alpha value is -0.420. The molecule has 0 aliphatic rings. The van der Waals surface area contributed by atoms with E-state index in [4.69, 9.17) is 27.9 Å². The predicted octanol–water partition coefficient (Wildman–Crippen LogP) is 3.36. The molecule has 0 aromatic heterocycles. The van der Waals surface area contributed by atoms with Crippen molar-refractivity contribution >= 4 is 23.2 Å². The molecule has 0 saturated carbocycles. The Balaban J connectivity index is 2.20. The SMILES string of the molecule is FC(F)COCCNCc1cc(Cl)ccc1Cl. The summed E-state index contributed by atoms with van der Waals surface area (Å²) in [6, 6.07) is 5.18. The van der Waals surface area contributed by atoms with Gasteiger partial charge >= 0.3 is 0 Å². The Morgan fingerprint density at radius 3 is 2.76 bits per heavy atom. The minimum atomic E-state index is -2.42. The van der Waals surface area contributed by atoms with Crippen LogP contribution in [0.25, 0.3) is 0 Å². The van der Waals surface area contributed by atoms with E-state index in [0.29, 0.717) is 23.1 Å². The van der Waals surface area contributed by atoms with Crippen molar-refractivity contribution in [3.8, 4) is 0 Å². The van der Waals surface area contributed by atoms with Gasteiger partial charge in [0.1, 0.15) is 6.61 Å². The Morgan fingerprint density at radius 2 is 2.06 bits per heavy atom. The van der Waals surface area contributed by atoms with Gasteiger partial charge in [0.05, 0.1) is 6.61 Å². The topological polar surface area (TPSA) is 21.3 Å². The van der Waals surface area contributed by atoms with Crippen molar-refractivity contribution in [1.29, 1.82) is 0 Å². The fraction of sp³-hybridized carbons (Fsp3) is 0.455. The summed E-state index contributed by atoms with van der Waals surface area (Å²) in [6.07, 6.45) is -2.42. The van der Waals surface area contributed by atoms with Gasteiger partial charge in [-0.1, -0.05) is 23.2 Å². The van der Waals surface area contributed by atoms with Gasteiger partial charge in [-0.2, -0.15) is 0 Å². The van der Waals surface area contributed by atoms with E-state index in [9.17, 15) is 8.78 Å². The number of alkyl halides is 2. The van der Waals surface area contributed by atoms with E-state index >= 15 is 0 Å². The fourth-order valence-electron chi connectivity index (χ4n) is 1.22. The van der Waals surface area contributed by atoms with Gasteiger partial charge in [0.15, 0.2) is 0 Å². The van der Waals surface area contributed by atoms with Crippen LogP contribution in [0.3, 0.4) is 0 Å². The van der Waals surface area contributed by atoms with Crippen molar-refractivity contribution in [2.24, 2.45) is 0 Å². The molecule has 1 N–H and O–H groups in total. The summed E-state index contributed by atoms with van der Waals surface area (Å²) in [6.45, 7) is 0.717. The summed E-state index contributed by atoms with van der Waals surface area (Å²) in [7, 11) is 0. The van der Waals surface area contributed by atoms with Crippen LogP contribution in [-0.2, 0) is 11.3 Å². The normalized spacial score (nSPS) is 11.1. The largest absolute Gasteiger partial charge is 0.374 e. The first-order valence-electron chi connectivity index (χ1n) is 5.10. The quantitative estimate of drug-likeness (QED) is 0.775. The molecule has 0 aliphatic carbocycles. The van der Waals surface area contributed by atoms with Crippen LogP contribution in [0.5, 0.6) is 0 Å². The number of benzene rings is 1. The molecule has 0 aliphatic heterocycles. The number of nitrogens with one attached hydrogen (secondary N) is 1. The molecule has 17 heavy (non-hydrogen) atoms. The number of halogens is 4. The van der Waals surface area contributed by atoms with E-state index in [1.54, 1.807) is 18.2 Å². The summed E-state index contributed by atoms with van der Waals surface area (Å²) in [5, 5.41) is 4.26. The lowest BCUT2D eigenvalue weighted by atomic mass is 10.2. The highest BCUT2D eigenvalue weighted by atomic mass is 35.5. The van der Waals surface area contributed by atoms with E-state index in [0.717, 1.165) is 5.56 Å².